The Morgan fingerprint density at radius 3 is 2.65 bits per heavy atom. The average molecular weight is 328 g/mol. The van der Waals surface area contributed by atoms with Crippen LogP contribution in [0.15, 0.2) is 17.2 Å². The smallest absolute Gasteiger partial charge is 0.382 e. The molecule has 0 saturated carbocycles. The summed E-state index contributed by atoms with van der Waals surface area (Å²) >= 11 is 11.4. The summed E-state index contributed by atoms with van der Waals surface area (Å²) in [6.45, 7) is -0.969. The quantitative estimate of drug-likeness (QED) is 0.857. The molecule has 0 amide bonds. The largest absolute Gasteiger partial charge is 0.416 e. The Kier molecular flexibility index (Phi) is 3.90. The molecule has 0 spiro atoms. The van der Waals surface area contributed by atoms with Crippen molar-refractivity contribution in [1.29, 1.82) is 0 Å². The number of hydrogen-bond acceptors (Lipinski definition) is 4. The van der Waals surface area contributed by atoms with Gasteiger partial charge in [-0.3, -0.25) is 9.36 Å². The Balaban J connectivity index is 2.53. The summed E-state index contributed by atoms with van der Waals surface area (Å²) in [5.74, 6) is 0. The first kappa shape index (κ1) is 15.0. The molecule has 108 valence electrons. The molecule has 0 bridgehead atoms. The van der Waals surface area contributed by atoms with Crippen LogP contribution in [0.5, 0.6) is 0 Å². The number of halogens is 5. The highest BCUT2D eigenvalue weighted by molar-refractivity contribution is 6.36. The van der Waals surface area contributed by atoms with E-state index in [2.05, 4.69) is 9.97 Å². The number of fused-ring (bicyclic) bond motifs is 1. The van der Waals surface area contributed by atoms with E-state index in [0.717, 1.165) is 12.4 Å². The lowest BCUT2D eigenvalue weighted by Gasteiger charge is -2.15. The maximum Gasteiger partial charge on any atom is 0.416 e. The number of pyridine rings is 1. The minimum Gasteiger partial charge on any atom is -0.382 e. The maximum absolute atomic E-state index is 12.3. The molecule has 0 radical (unpaired) electrons. The molecule has 0 aliphatic carbocycles. The molecular formula is C10H6Cl2F3N3O2. The topological polar surface area (TPSA) is 68.0 Å². The zero-order valence-electron chi connectivity index (χ0n) is 9.53. The van der Waals surface area contributed by atoms with Crippen LogP contribution in [0.4, 0.5) is 13.2 Å². The number of aromatic nitrogens is 3. The fourth-order valence-corrected chi connectivity index (χ4v) is 2.00. The molecule has 2 aromatic rings. The van der Waals surface area contributed by atoms with E-state index < -0.39 is 24.4 Å². The number of nitrogens with zero attached hydrogens (tertiary/aromatic N) is 3. The van der Waals surface area contributed by atoms with E-state index in [4.69, 9.17) is 28.3 Å². The van der Waals surface area contributed by atoms with E-state index in [1.54, 1.807) is 0 Å². The molecule has 10 heteroatoms. The summed E-state index contributed by atoms with van der Waals surface area (Å²) in [6, 6.07) is 1.15. The van der Waals surface area contributed by atoms with E-state index in [9.17, 15) is 18.0 Å². The molecule has 0 fully saturated rings. The number of aliphatic hydroxyl groups is 1. The monoisotopic (exact) mass is 327 g/mol. The van der Waals surface area contributed by atoms with Crippen LogP contribution in [0.3, 0.4) is 0 Å². The van der Waals surface area contributed by atoms with Gasteiger partial charge >= 0.3 is 6.18 Å². The van der Waals surface area contributed by atoms with Crippen molar-refractivity contribution in [3.05, 3.63) is 33.1 Å². The third kappa shape index (κ3) is 2.87. The number of alkyl halides is 3. The van der Waals surface area contributed by atoms with Gasteiger partial charge in [-0.1, -0.05) is 23.2 Å². The molecule has 1 unspecified atom stereocenters. The van der Waals surface area contributed by atoms with Crippen LogP contribution >= 0.6 is 23.2 Å². The predicted octanol–water partition coefficient (Wildman–Crippen LogP) is 2.02. The highest BCUT2D eigenvalue weighted by Crippen LogP contribution is 2.22. The Bertz CT molecular complexity index is 717. The highest BCUT2D eigenvalue weighted by atomic mass is 35.5. The van der Waals surface area contributed by atoms with Gasteiger partial charge in [0, 0.05) is 0 Å². The zero-order chi connectivity index (χ0) is 15.1. The van der Waals surface area contributed by atoms with Crippen LogP contribution in [0, 0.1) is 0 Å². The summed E-state index contributed by atoms with van der Waals surface area (Å²) in [7, 11) is 0. The van der Waals surface area contributed by atoms with Gasteiger partial charge in [0.25, 0.3) is 5.56 Å². The van der Waals surface area contributed by atoms with Gasteiger partial charge in [0.05, 0.1) is 18.3 Å². The molecule has 0 aliphatic rings. The number of rotatable bonds is 2. The van der Waals surface area contributed by atoms with Crippen molar-refractivity contribution in [2.45, 2.75) is 18.8 Å². The average Bonchev–Trinajstić information content (AvgIpc) is 2.32. The fourth-order valence-electron chi connectivity index (χ4n) is 1.52. The van der Waals surface area contributed by atoms with Crippen LogP contribution < -0.4 is 5.56 Å². The SMILES string of the molecule is O=c1c2cc(Cl)nc(Cl)c2ncn1CC(O)C(F)(F)F. The first-order valence-corrected chi connectivity index (χ1v) is 5.91. The van der Waals surface area contributed by atoms with Crippen molar-refractivity contribution < 1.29 is 18.3 Å². The van der Waals surface area contributed by atoms with Gasteiger partial charge in [0.2, 0.25) is 0 Å². The Morgan fingerprint density at radius 2 is 2.05 bits per heavy atom. The van der Waals surface area contributed by atoms with E-state index in [0.29, 0.717) is 4.57 Å². The molecule has 0 aliphatic heterocycles. The normalized spacial score (nSPS) is 13.7. The standard InChI is InChI=1S/C10H6Cl2F3N3O2/c11-6-1-4-7(8(12)17-6)16-3-18(9(4)20)2-5(19)10(13,14)15/h1,3,5,19H,2H2. The molecule has 1 N–H and O–H groups in total. The Labute approximate surface area is 119 Å². The number of aliphatic hydroxyl groups excluding tert-OH is 1. The van der Waals surface area contributed by atoms with Crippen molar-refractivity contribution in [1.82, 2.24) is 14.5 Å². The molecule has 0 saturated heterocycles. The van der Waals surface area contributed by atoms with Crippen molar-refractivity contribution >= 4 is 34.1 Å². The summed E-state index contributed by atoms with van der Waals surface area (Å²) in [4.78, 5) is 19.4. The van der Waals surface area contributed by atoms with Gasteiger partial charge in [-0.05, 0) is 6.07 Å². The van der Waals surface area contributed by atoms with Gasteiger partial charge in [-0.15, -0.1) is 0 Å². The summed E-state index contributed by atoms with van der Waals surface area (Å²) in [6.07, 6.45) is -6.64. The first-order valence-electron chi connectivity index (χ1n) is 5.16. The molecule has 5 nitrogen and oxygen atoms in total. The van der Waals surface area contributed by atoms with E-state index in [-0.39, 0.29) is 21.2 Å². The van der Waals surface area contributed by atoms with E-state index >= 15 is 0 Å². The van der Waals surface area contributed by atoms with Crippen LogP contribution in [0.1, 0.15) is 0 Å². The van der Waals surface area contributed by atoms with Gasteiger partial charge in [-0.2, -0.15) is 13.2 Å². The second kappa shape index (κ2) is 5.19. The fraction of sp³-hybridized carbons (Fsp3) is 0.300. The van der Waals surface area contributed by atoms with Crippen LogP contribution in [0.25, 0.3) is 10.9 Å². The van der Waals surface area contributed by atoms with Crippen molar-refractivity contribution in [2.75, 3.05) is 0 Å². The highest BCUT2D eigenvalue weighted by Gasteiger charge is 2.38. The predicted molar refractivity (Wildman–Crippen MR) is 65.9 cm³/mol. The molecule has 1 atom stereocenters. The minimum absolute atomic E-state index is 0.0267. The molecule has 0 aromatic carbocycles. The summed E-state index contributed by atoms with van der Waals surface area (Å²) in [5.41, 5.74) is -0.775. The van der Waals surface area contributed by atoms with E-state index in [1.165, 1.54) is 0 Å². The third-order valence-corrected chi connectivity index (χ3v) is 2.94. The molecular weight excluding hydrogens is 322 g/mol. The van der Waals surface area contributed by atoms with Crippen molar-refractivity contribution in [3.63, 3.8) is 0 Å². The lowest BCUT2D eigenvalue weighted by Crippen LogP contribution is -2.36. The van der Waals surface area contributed by atoms with Crippen LogP contribution in [-0.2, 0) is 6.54 Å². The van der Waals surface area contributed by atoms with Crippen molar-refractivity contribution in [3.8, 4) is 0 Å². The van der Waals surface area contributed by atoms with Gasteiger partial charge in [-0.25, -0.2) is 9.97 Å². The summed E-state index contributed by atoms with van der Waals surface area (Å²) in [5, 5.41) is 8.67. The zero-order valence-corrected chi connectivity index (χ0v) is 11.0. The van der Waals surface area contributed by atoms with Crippen molar-refractivity contribution in [2.24, 2.45) is 0 Å². The van der Waals surface area contributed by atoms with Crippen LogP contribution in [0.2, 0.25) is 10.3 Å². The maximum atomic E-state index is 12.3. The number of hydrogen-bond donors (Lipinski definition) is 1. The summed E-state index contributed by atoms with van der Waals surface area (Å²) < 4.78 is 37.4. The molecule has 2 rings (SSSR count). The second-order valence-corrected chi connectivity index (χ2v) is 4.64. The third-order valence-electron chi connectivity index (χ3n) is 2.48. The first-order chi connectivity index (χ1) is 9.20. The van der Waals surface area contributed by atoms with E-state index in [1.807, 2.05) is 0 Å². The second-order valence-electron chi connectivity index (χ2n) is 3.89. The molecule has 2 aromatic heterocycles. The molecule has 2 heterocycles. The minimum atomic E-state index is -4.83. The lowest BCUT2D eigenvalue weighted by atomic mass is 10.3. The molecule has 20 heavy (non-hydrogen) atoms. The lowest BCUT2D eigenvalue weighted by molar-refractivity contribution is -0.207. The Morgan fingerprint density at radius 1 is 1.40 bits per heavy atom. The van der Waals surface area contributed by atoms with Crippen LogP contribution in [-0.4, -0.2) is 31.9 Å². The van der Waals surface area contributed by atoms with Gasteiger partial charge in [0.15, 0.2) is 11.3 Å². The van der Waals surface area contributed by atoms with Gasteiger partial charge < -0.3 is 5.11 Å². The van der Waals surface area contributed by atoms with Gasteiger partial charge in [0.1, 0.15) is 10.7 Å². The Hall–Kier alpha value is -1.38.